The van der Waals surface area contributed by atoms with Crippen LogP contribution in [0.3, 0.4) is 0 Å². The van der Waals surface area contributed by atoms with Gasteiger partial charge in [-0.25, -0.2) is 0 Å². The molecule has 0 aliphatic rings. The number of fused-ring (bicyclic) bond motifs is 1. The van der Waals surface area contributed by atoms with E-state index in [1.54, 1.807) is 26.5 Å². The third kappa shape index (κ3) is 2.52. The lowest BCUT2D eigenvalue weighted by Gasteiger charge is -2.11. The summed E-state index contributed by atoms with van der Waals surface area (Å²) in [5.74, 6) is 2.03. The van der Waals surface area contributed by atoms with Crippen molar-refractivity contribution in [3.8, 4) is 11.5 Å². The van der Waals surface area contributed by atoms with E-state index in [1.807, 2.05) is 18.2 Å². The van der Waals surface area contributed by atoms with Crippen molar-refractivity contribution in [2.75, 3.05) is 14.2 Å². The van der Waals surface area contributed by atoms with Crippen molar-refractivity contribution in [1.29, 1.82) is 0 Å². The maximum Gasteiger partial charge on any atom is 0.161 e. The molecular formula is C15H13ClN2O3. The Balaban J connectivity index is 2.19. The number of benzene rings is 1. The Labute approximate surface area is 126 Å². The number of aromatic nitrogens is 2. The third-order valence-corrected chi connectivity index (χ3v) is 3.52. The van der Waals surface area contributed by atoms with Gasteiger partial charge in [-0.1, -0.05) is 11.6 Å². The first-order valence-electron chi connectivity index (χ1n) is 6.32. The Hall–Kier alpha value is -2.27. The predicted molar refractivity (Wildman–Crippen MR) is 79.2 cm³/mol. The average molecular weight is 305 g/mol. The van der Waals surface area contributed by atoms with Crippen molar-refractivity contribution in [1.82, 2.24) is 10.2 Å². The average Bonchev–Trinajstić information content (AvgIpc) is 3.02. The second kappa shape index (κ2) is 5.61. The molecule has 0 aliphatic heterocycles. The largest absolute Gasteiger partial charge is 0.493 e. The molecule has 0 bridgehead atoms. The highest BCUT2D eigenvalue weighted by molar-refractivity contribution is 6.34. The van der Waals surface area contributed by atoms with E-state index < -0.39 is 0 Å². The van der Waals surface area contributed by atoms with Crippen molar-refractivity contribution in [3.05, 3.63) is 47.1 Å². The van der Waals surface area contributed by atoms with Gasteiger partial charge in [0, 0.05) is 10.8 Å². The summed E-state index contributed by atoms with van der Waals surface area (Å²) in [4.78, 5) is 0. The molecule has 0 N–H and O–H groups in total. The Morgan fingerprint density at radius 1 is 1.10 bits per heavy atom. The van der Waals surface area contributed by atoms with Gasteiger partial charge in [-0.3, -0.25) is 0 Å². The highest BCUT2D eigenvalue weighted by Gasteiger charge is 2.14. The predicted octanol–water partition coefficient (Wildman–Crippen LogP) is 3.48. The highest BCUT2D eigenvalue weighted by atomic mass is 35.5. The van der Waals surface area contributed by atoms with Crippen molar-refractivity contribution >= 4 is 22.4 Å². The lowest BCUT2D eigenvalue weighted by molar-refractivity contribution is 0.356. The molecule has 1 aromatic carbocycles. The monoisotopic (exact) mass is 304 g/mol. The zero-order chi connectivity index (χ0) is 14.8. The van der Waals surface area contributed by atoms with E-state index >= 15 is 0 Å². The topological polar surface area (TPSA) is 57.4 Å². The zero-order valence-electron chi connectivity index (χ0n) is 11.6. The van der Waals surface area contributed by atoms with Gasteiger partial charge in [0.05, 0.1) is 32.6 Å². The van der Waals surface area contributed by atoms with E-state index in [-0.39, 0.29) is 0 Å². The van der Waals surface area contributed by atoms with Crippen LogP contribution in [-0.2, 0) is 6.42 Å². The van der Waals surface area contributed by atoms with Gasteiger partial charge in [-0.2, -0.15) is 5.10 Å². The molecule has 0 fully saturated rings. The summed E-state index contributed by atoms with van der Waals surface area (Å²) in [5.41, 5.74) is 0.769. The number of ether oxygens (including phenoxy) is 2. The van der Waals surface area contributed by atoms with Gasteiger partial charge in [0.2, 0.25) is 0 Å². The van der Waals surface area contributed by atoms with Crippen LogP contribution < -0.4 is 9.47 Å². The van der Waals surface area contributed by atoms with Crippen LogP contribution in [0.2, 0.25) is 5.15 Å². The Kier molecular flexibility index (Phi) is 3.66. The molecule has 3 rings (SSSR count). The minimum absolute atomic E-state index is 0.328. The second-order valence-corrected chi connectivity index (χ2v) is 4.80. The molecule has 6 heteroatoms. The minimum atomic E-state index is 0.328. The van der Waals surface area contributed by atoms with Gasteiger partial charge >= 0.3 is 0 Å². The summed E-state index contributed by atoms with van der Waals surface area (Å²) in [6.07, 6.45) is 2.16. The number of rotatable bonds is 4. The molecule has 5 nitrogen and oxygen atoms in total. The van der Waals surface area contributed by atoms with Crippen molar-refractivity contribution in [3.63, 3.8) is 0 Å². The molecule has 0 spiro atoms. The van der Waals surface area contributed by atoms with Crippen LogP contribution in [0.15, 0.2) is 34.9 Å². The smallest absolute Gasteiger partial charge is 0.161 e. The standard InChI is InChI=1S/C15H13ClN2O3/c1-19-13-7-10-11(8-14(13)20-2)15(16)18-17-12(10)6-9-4-3-5-21-9/h3-5,7-8H,6H2,1-2H3. The summed E-state index contributed by atoms with van der Waals surface area (Å²) in [5, 5.41) is 10.1. The lowest BCUT2D eigenvalue weighted by atomic mass is 10.1. The number of nitrogens with zero attached hydrogens (tertiary/aromatic N) is 2. The molecule has 2 heterocycles. The quantitative estimate of drug-likeness (QED) is 0.738. The number of hydrogen-bond donors (Lipinski definition) is 0. The first kappa shape index (κ1) is 13.7. The van der Waals surface area contributed by atoms with E-state index in [0.717, 1.165) is 22.2 Å². The van der Waals surface area contributed by atoms with Gasteiger partial charge < -0.3 is 13.9 Å². The van der Waals surface area contributed by atoms with Crippen LogP contribution in [0.1, 0.15) is 11.5 Å². The summed E-state index contributed by atoms with van der Waals surface area (Å²) in [6.45, 7) is 0. The number of halogens is 1. The summed E-state index contributed by atoms with van der Waals surface area (Å²) in [6, 6.07) is 7.39. The molecule has 0 aliphatic carbocycles. The Morgan fingerprint density at radius 2 is 1.81 bits per heavy atom. The first-order valence-corrected chi connectivity index (χ1v) is 6.70. The van der Waals surface area contributed by atoms with Gasteiger partial charge in [-0.05, 0) is 24.3 Å². The molecule has 2 aromatic heterocycles. The molecular weight excluding hydrogens is 292 g/mol. The first-order chi connectivity index (χ1) is 10.2. The molecule has 21 heavy (non-hydrogen) atoms. The maximum absolute atomic E-state index is 6.14. The molecule has 0 amide bonds. The van der Waals surface area contributed by atoms with Crippen LogP contribution in [0.4, 0.5) is 0 Å². The van der Waals surface area contributed by atoms with E-state index in [9.17, 15) is 0 Å². The van der Waals surface area contributed by atoms with Crippen LogP contribution in [-0.4, -0.2) is 24.4 Å². The minimum Gasteiger partial charge on any atom is -0.493 e. The van der Waals surface area contributed by atoms with Gasteiger partial charge in [0.25, 0.3) is 0 Å². The van der Waals surface area contributed by atoms with Crippen molar-refractivity contribution in [2.45, 2.75) is 6.42 Å². The Morgan fingerprint density at radius 3 is 2.43 bits per heavy atom. The fraction of sp³-hybridized carbons (Fsp3) is 0.200. The van der Waals surface area contributed by atoms with E-state index in [0.29, 0.717) is 23.1 Å². The summed E-state index contributed by atoms with van der Waals surface area (Å²) >= 11 is 6.14. The lowest BCUT2D eigenvalue weighted by Crippen LogP contribution is -1.98. The van der Waals surface area contributed by atoms with Crippen LogP contribution in [0.25, 0.3) is 10.8 Å². The van der Waals surface area contributed by atoms with E-state index in [2.05, 4.69) is 10.2 Å². The summed E-state index contributed by atoms with van der Waals surface area (Å²) in [7, 11) is 3.17. The molecule has 0 unspecified atom stereocenters. The van der Waals surface area contributed by atoms with Crippen LogP contribution in [0, 0.1) is 0 Å². The molecule has 108 valence electrons. The van der Waals surface area contributed by atoms with Gasteiger partial charge in [0.1, 0.15) is 5.76 Å². The van der Waals surface area contributed by atoms with Crippen LogP contribution in [0.5, 0.6) is 11.5 Å². The fourth-order valence-corrected chi connectivity index (χ4v) is 2.40. The van der Waals surface area contributed by atoms with E-state index in [4.69, 9.17) is 25.5 Å². The number of furan rings is 1. The van der Waals surface area contributed by atoms with E-state index in [1.165, 1.54) is 0 Å². The SMILES string of the molecule is COc1cc2c(Cl)nnc(Cc3ccco3)c2cc1OC. The van der Waals surface area contributed by atoms with Gasteiger partial charge in [0.15, 0.2) is 16.7 Å². The summed E-state index contributed by atoms with van der Waals surface area (Å²) < 4.78 is 16.0. The molecule has 0 radical (unpaired) electrons. The number of hydrogen-bond acceptors (Lipinski definition) is 5. The molecule has 0 atom stereocenters. The van der Waals surface area contributed by atoms with Crippen LogP contribution >= 0.6 is 11.6 Å². The maximum atomic E-state index is 6.14. The molecule has 3 aromatic rings. The Bertz CT molecular complexity index is 772. The van der Waals surface area contributed by atoms with Crippen molar-refractivity contribution in [2.24, 2.45) is 0 Å². The normalized spacial score (nSPS) is 10.8. The fourth-order valence-electron chi connectivity index (χ4n) is 2.21. The highest BCUT2D eigenvalue weighted by Crippen LogP contribution is 2.35. The van der Waals surface area contributed by atoms with Gasteiger partial charge in [-0.15, -0.1) is 5.10 Å². The number of methoxy groups -OCH3 is 2. The molecule has 0 saturated carbocycles. The zero-order valence-corrected chi connectivity index (χ0v) is 12.3. The second-order valence-electron chi connectivity index (χ2n) is 4.45. The molecule has 0 saturated heterocycles. The third-order valence-electron chi connectivity index (χ3n) is 3.24. The van der Waals surface area contributed by atoms with Crippen molar-refractivity contribution < 1.29 is 13.9 Å².